The highest BCUT2D eigenvalue weighted by atomic mass is 79.9. The van der Waals surface area contributed by atoms with Crippen LogP contribution in [0.15, 0.2) is 45.3 Å². The van der Waals surface area contributed by atoms with Crippen molar-refractivity contribution in [3.8, 4) is 0 Å². The molecule has 0 aliphatic rings. The van der Waals surface area contributed by atoms with Gasteiger partial charge in [0.05, 0.1) is 0 Å². The fourth-order valence-electron chi connectivity index (χ4n) is 2.11. The molecule has 0 fully saturated rings. The van der Waals surface area contributed by atoms with Crippen LogP contribution in [-0.2, 0) is 0 Å². The van der Waals surface area contributed by atoms with E-state index >= 15 is 0 Å². The predicted octanol–water partition coefficient (Wildman–Crippen LogP) is 4.46. The fourth-order valence-corrected chi connectivity index (χ4v) is 2.36. The van der Waals surface area contributed by atoms with Gasteiger partial charge in [0.15, 0.2) is 11.5 Å². The highest BCUT2D eigenvalue weighted by Gasteiger charge is 2.09. The zero-order valence-corrected chi connectivity index (χ0v) is 13.2. The van der Waals surface area contributed by atoms with Gasteiger partial charge in [-0.3, -0.25) is 4.79 Å². The molecule has 0 saturated heterocycles. The van der Waals surface area contributed by atoms with Crippen molar-refractivity contribution < 1.29 is 9.21 Å². The maximum absolute atomic E-state index is 12.2. The van der Waals surface area contributed by atoms with E-state index in [2.05, 4.69) is 26.2 Å². The number of hydrogen-bond acceptors (Lipinski definition) is 3. The molecule has 0 unspecified atom stereocenters. The van der Waals surface area contributed by atoms with Gasteiger partial charge < -0.3 is 9.73 Å². The predicted molar refractivity (Wildman–Crippen MR) is 85.6 cm³/mol. The quantitative estimate of drug-likeness (QED) is 0.746. The van der Waals surface area contributed by atoms with Gasteiger partial charge in [0, 0.05) is 22.6 Å². The number of hydrogen-bond donors (Lipinski definition) is 1. The first-order valence-electron chi connectivity index (χ1n) is 6.47. The number of oxazole rings is 1. The van der Waals surface area contributed by atoms with E-state index in [1.165, 1.54) is 0 Å². The first-order chi connectivity index (χ1) is 10.0. The second kappa shape index (κ2) is 5.33. The highest BCUT2D eigenvalue weighted by molar-refractivity contribution is 9.10. The number of nitrogens with one attached hydrogen (secondary N) is 1. The van der Waals surface area contributed by atoms with Gasteiger partial charge in [-0.05, 0) is 48.9 Å². The minimum absolute atomic E-state index is 0.148. The molecular weight excluding hydrogens is 332 g/mol. The number of amides is 1. The van der Waals surface area contributed by atoms with Gasteiger partial charge in [-0.15, -0.1) is 0 Å². The maximum Gasteiger partial charge on any atom is 0.255 e. The second-order valence-corrected chi connectivity index (χ2v) is 5.69. The summed E-state index contributed by atoms with van der Waals surface area (Å²) in [6, 6.07) is 10.9. The molecule has 3 rings (SSSR count). The molecule has 0 atom stereocenters. The Morgan fingerprint density at radius 3 is 2.76 bits per heavy atom. The Bertz CT molecular complexity index is 839. The number of aryl methyl sites for hydroxylation is 2. The van der Waals surface area contributed by atoms with Crippen LogP contribution in [0.5, 0.6) is 0 Å². The Morgan fingerprint density at radius 2 is 2.00 bits per heavy atom. The third-order valence-electron chi connectivity index (χ3n) is 3.17. The largest absolute Gasteiger partial charge is 0.441 e. The lowest BCUT2D eigenvalue weighted by atomic mass is 10.1. The van der Waals surface area contributed by atoms with Gasteiger partial charge in [0.1, 0.15) is 5.52 Å². The van der Waals surface area contributed by atoms with Crippen molar-refractivity contribution in [3.05, 3.63) is 57.9 Å². The second-order valence-electron chi connectivity index (χ2n) is 4.83. The van der Waals surface area contributed by atoms with E-state index in [1.54, 1.807) is 31.2 Å². The van der Waals surface area contributed by atoms with E-state index < -0.39 is 0 Å². The molecule has 1 N–H and O–H groups in total. The van der Waals surface area contributed by atoms with Crippen molar-refractivity contribution >= 4 is 38.6 Å². The Hall–Kier alpha value is -2.14. The fraction of sp³-hybridized carbons (Fsp3) is 0.125. The first kappa shape index (κ1) is 13.8. The number of fused-ring (bicyclic) bond motifs is 1. The van der Waals surface area contributed by atoms with E-state index in [9.17, 15) is 4.79 Å². The summed E-state index contributed by atoms with van der Waals surface area (Å²) in [5, 5.41) is 2.87. The van der Waals surface area contributed by atoms with Gasteiger partial charge in [0.25, 0.3) is 5.91 Å². The van der Waals surface area contributed by atoms with Gasteiger partial charge in [-0.25, -0.2) is 4.98 Å². The summed E-state index contributed by atoms with van der Waals surface area (Å²) in [4.78, 5) is 16.5. The van der Waals surface area contributed by atoms with Crippen molar-refractivity contribution in [3.63, 3.8) is 0 Å². The number of anilines is 1. The number of carbonyl (C=O) groups is 1. The molecule has 0 saturated carbocycles. The van der Waals surface area contributed by atoms with Gasteiger partial charge in [-0.1, -0.05) is 15.9 Å². The van der Waals surface area contributed by atoms with Crippen molar-refractivity contribution in [2.75, 3.05) is 5.32 Å². The monoisotopic (exact) mass is 344 g/mol. The lowest BCUT2D eigenvalue weighted by Gasteiger charge is -2.06. The molecule has 0 aliphatic heterocycles. The summed E-state index contributed by atoms with van der Waals surface area (Å²) in [5.41, 5.74) is 3.78. The number of nitrogens with zero attached hydrogens (tertiary/aromatic N) is 1. The van der Waals surface area contributed by atoms with Gasteiger partial charge >= 0.3 is 0 Å². The molecule has 2 aromatic carbocycles. The van der Waals surface area contributed by atoms with Crippen molar-refractivity contribution in [1.29, 1.82) is 0 Å². The average Bonchev–Trinajstić information content (AvgIpc) is 2.81. The zero-order valence-electron chi connectivity index (χ0n) is 11.6. The summed E-state index contributed by atoms with van der Waals surface area (Å²) >= 11 is 3.42. The lowest BCUT2D eigenvalue weighted by molar-refractivity contribution is 0.102. The van der Waals surface area contributed by atoms with E-state index in [4.69, 9.17) is 4.42 Å². The number of halogens is 1. The van der Waals surface area contributed by atoms with Crippen LogP contribution in [0.3, 0.4) is 0 Å². The average molecular weight is 345 g/mol. The van der Waals surface area contributed by atoms with Crippen LogP contribution in [0.4, 0.5) is 5.69 Å². The summed E-state index contributed by atoms with van der Waals surface area (Å²) in [7, 11) is 0. The van der Waals surface area contributed by atoms with E-state index in [0.717, 1.165) is 15.6 Å². The number of benzene rings is 2. The van der Waals surface area contributed by atoms with Crippen LogP contribution >= 0.6 is 15.9 Å². The Labute approximate surface area is 130 Å². The zero-order chi connectivity index (χ0) is 15.0. The van der Waals surface area contributed by atoms with Gasteiger partial charge in [-0.2, -0.15) is 0 Å². The molecular formula is C16H13BrN2O2. The molecule has 0 radical (unpaired) electrons. The van der Waals surface area contributed by atoms with E-state index in [1.807, 2.05) is 19.1 Å². The van der Waals surface area contributed by atoms with Crippen LogP contribution in [-0.4, -0.2) is 10.9 Å². The Morgan fingerprint density at radius 1 is 1.19 bits per heavy atom. The maximum atomic E-state index is 12.2. The van der Waals surface area contributed by atoms with E-state index in [0.29, 0.717) is 22.7 Å². The number of carbonyl (C=O) groups excluding carboxylic acids is 1. The molecule has 3 aromatic rings. The van der Waals surface area contributed by atoms with Crippen LogP contribution < -0.4 is 5.32 Å². The molecule has 21 heavy (non-hydrogen) atoms. The third-order valence-corrected chi connectivity index (χ3v) is 4.06. The molecule has 1 aromatic heterocycles. The summed E-state index contributed by atoms with van der Waals surface area (Å²) in [6.45, 7) is 3.74. The molecule has 5 heteroatoms. The lowest BCUT2D eigenvalue weighted by Crippen LogP contribution is -2.11. The summed E-state index contributed by atoms with van der Waals surface area (Å²) in [5.74, 6) is 0.460. The van der Waals surface area contributed by atoms with Crippen LogP contribution in [0.25, 0.3) is 11.1 Å². The summed E-state index contributed by atoms with van der Waals surface area (Å²) < 4.78 is 6.40. The topological polar surface area (TPSA) is 55.1 Å². The third kappa shape index (κ3) is 2.83. The molecule has 1 amide bonds. The molecule has 0 aliphatic carbocycles. The molecule has 0 bridgehead atoms. The van der Waals surface area contributed by atoms with Crippen molar-refractivity contribution in [2.45, 2.75) is 13.8 Å². The highest BCUT2D eigenvalue weighted by Crippen LogP contribution is 2.21. The Kier molecular flexibility index (Phi) is 3.51. The SMILES string of the molecule is Cc1nc2cc(NC(=O)c3ccc(Br)c(C)c3)ccc2o1. The van der Waals surface area contributed by atoms with Crippen LogP contribution in [0, 0.1) is 13.8 Å². The van der Waals surface area contributed by atoms with E-state index in [-0.39, 0.29) is 5.91 Å². The van der Waals surface area contributed by atoms with Crippen molar-refractivity contribution in [1.82, 2.24) is 4.98 Å². The number of rotatable bonds is 2. The molecule has 4 nitrogen and oxygen atoms in total. The molecule has 0 spiro atoms. The van der Waals surface area contributed by atoms with Crippen LogP contribution in [0.2, 0.25) is 0 Å². The molecule has 106 valence electrons. The Balaban J connectivity index is 1.86. The smallest absolute Gasteiger partial charge is 0.255 e. The van der Waals surface area contributed by atoms with Crippen molar-refractivity contribution in [2.24, 2.45) is 0 Å². The first-order valence-corrected chi connectivity index (χ1v) is 7.27. The summed E-state index contributed by atoms with van der Waals surface area (Å²) in [6.07, 6.45) is 0. The normalized spacial score (nSPS) is 10.8. The van der Waals surface area contributed by atoms with Crippen LogP contribution in [0.1, 0.15) is 21.8 Å². The standard InChI is InChI=1S/C16H13BrN2O2/c1-9-7-11(3-5-13(9)17)16(20)19-12-4-6-15-14(8-12)18-10(2)21-15/h3-8H,1-2H3,(H,19,20). The van der Waals surface area contributed by atoms with Gasteiger partial charge in [0.2, 0.25) is 0 Å². The molecule has 1 heterocycles. The minimum Gasteiger partial charge on any atom is -0.441 e. The minimum atomic E-state index is -0.148. The number of aromatic nitrogens is 1.